The average Bonchev–Trinajstić information content (AvgIpc) is 3.26. The van der Waals surface area contributed by atoms with E-state index in [9.17, 15) is 4.79 Å². The number of tetrazole rings is 1. The minimum atomic E-state index is -0.256. The van der Waals surface area contributed by atoms with Crippen LogP contribution in [0.2, 0.25) is 0 Å². The first kappa shape index (κ1) is 20.9. The predicted octanol–water partition coefficient (Wildman–Crippen LogP) is 1.98. The number of aromatic nitrogens is 5. The van der Waals surface area contributed by atoms with Gasteiger partial charge < -0.3 is 15.4 Å². The minimum absolute atomic E-state index is 0.256. The van der Waals surface area contributed by atoms with Gasteiger partial charge in [-0.25, -0.2) is 4.98 Å². The number of pyridine rings is 1. The lowest BCUT2D eigenvalue weighted by Gasteiger charge is -2.21. The lowest BCUT2D eigenvalue weighted by Crippen LogP contribution is -2.32. The Hall–Kier alpha value is -3.33. The van der Waals surface area contributed by atoms with Crippen LogP contribution in [0.4, 0.5) is 0 Å². The van der Waals surface area contributed by atoms with Gasteiger partial charge in [0.2, 0.25) is 5.82 Å². The zero-order chi connectivity index (χ0) is 21.6. The number of ether oxygens (including phenoxy) is 1. The molecular weight excluding hydrogens is 394 g/mol. The van der Waals surface area contributed by atoms with E-state index >= 15 is 0 Å². The van der Waals surface area contributed by atoms with Gasteiger partial charge in [0, 0.05) is 17.8 Å². The number of piperidine rings is 1. The third-order valence-corrected chi connectivity index (χ3v) is 5.30. The first-order valence-corrected chi connectivity index (χ1v) is 10.5. The van der Waals surface area contributed by atoms with Crippen molar-refractivity contribution >= 4 is 5.91 Å². The number of methoxy groups -OCH3 is 1. The summed E-state index contributed by atoms with van der Waals surface area (Å²) in [5, 5.41) is 19.2. The number of rotatable bonds is 7. The van der Waals surface area contributed by atoms with Crippen LogP contribution in [0.25, 0.3) is 11.4 Å². The Balaban J connectivity index is 1.44. The molecule has 0 aliphatic carbocycles. The summed E-state index contributed by atoms with van der Waals surface area (Å²) in [6, 6.07) is 11.1. The fourth-order valence-corrected chi connectivity index (χ4v) is 3.72. The number of amides is 1. The van der Waals surface area contributed by atoms with Crippen molar-refractivity contribution in [2.24, 2.45) is 5.92 Å². The molecule has 0 bridgehead atoms. The molecule has 2 aromatic heterocycles. The van der Waals surface area contributed by atoms with Gasteiger partial charge in [-0.05, 0) is 73.8 Å². The van der Waals surface area contributed by atoms with Gasteiger partial charge in [-0.2, -0.15) is 4.80 Å². The number of nitrogens with one attached hydrogen (secondary N) is 2. The fourth-order valence-electron chi connectivity index (χ4n) is 3.72. The first-order valence-electron chi connectivity index (χ1n) is 10.5. The molecule has 1 fully saturated rings. The third-order valence-electron chi connectivity index (χ3n) is 5.30. The summed E-state index contributed by atoms with van der Waals surface area (Å²) in [4.78, 5) is 18.7. The molecule has 3 aromatic rings. The maximum atomic E-state index is 12.7. The van der Waals surface area contributed by atoms with Crippen LogP contribution in [0.3, 0.4) is 0 Å². The van der Waals surface area contributed by atoms with Gasteiger partial charge in [0.05, 0.1) is 13.7 Å². The Kier molecular flexibility index (Phi) is 6.51. The second-order valence-corrected chi connectivity index (χ2v) is 7.80. The van der Waals surface area contributed by atoms with Crippen LogP contribution in [0.1, 0.15) is 34.6 Å². The molecule has 1 aliphatic heterocycles. The number of aryl methyl sites for hydroxylation is 1. The molecule has 9 nitrogen and oxygen atoms in total. The number of benzene rings is 1. The zero-order valence-corrected chi connectivity index (χ0v) is 17.8. The smallest absolute Gasteiger partial charge is 0.270 e. The van der Waals surface area contributed by atoms with Gasteiger partial charge in [-0.15, -0.1) is 10.2 Å². The molecule has 31 heavy (non-hydrogen) atoms. The van der Waals surface area contributed by atoms with Crippen LogP contribution >= 0.6 is 0 Å². The summed E-state index contributed by atoms with van der Waals surface area (Å²) in [7, 11) is 1.62. The van der Waals surface area contributed by atoms with Crippen LogP contribution in [-0.2, 0) is 13.1 Å². The van der Waals surface area contributed by atoms with E-state index < -0.39 is 0 Å². The summed E-state index contributed by atoms with van der Waals surface area (Å²) in [5.41, 5.74) is 2.72. The van der Waals surface area contributed by atoms with Crippen molar-refractivity contribution in [2.45, 2.75) is 32.9 Å². The number of carbonyl (C=O) groups is 1. The number of hydrogen-bond acceptors (Lipinski definition) is 7. The second kappa shape index (κ2) is 9.65. The van der Waals surface area contributed by atoms with E-state index in [4.69, 9.17) is 4.74 Å². The summed E-state index contributed by atoms with van der Waals surface area (Å²) in [6.45, 7) is 5.01. The fraction of sp³-hybridized carbons (Fsp3) is 0.409. The van der Waals surface area contributed by atoms with E-state index in [1.807, 2.05) is 37.3 Å². The SMILES string of the molecule is COc1cccc(CNC(=O)c2cc(-c3nnn(CC4CCCNC4)n3)cc(C)n2)c1. The highest BCUT2D eigenvalue weighted by Gasteiger charge is 2.17. The molecule has 1 aliphatic rings. The van der Waals surface area contributed by atoms with Crippen LogP contribution in [0.5, 0.6) is 5.75 Å². The molecule has 0 saturated carbocycles. The van der Waals surface area contributed by atoms with Crippen LogP contribution in [-0.4, -0.2) is 51.3 Å². The van der Waals surface area contributed by atoms with Crippen molar-refractivity contribution in [3.05, 3.63) is 53.3 Å². The topological polar surface area (TPSA) is 107 Å². The molecule has 1 atom stereocenters. The third kappa shape index (κ3) is 5.43. The maximum Gasteiger partial charge on any atom is 0.270 e. The van der Waals surface area contributed by atoms with Gasteiger partial charge >= 0.3 is 0 Å². The molecule has 2 N–H and O–H groups in total. The van der Waals surface area contributed by atoms with Crippen molar-refractivity contribution < 1.29 is 9.53 Å². The molecule has 3 heterocycles. The molecule has 1 unspecified atom stereocenters. The minimum Gasteiger partial charge on any atom is -0.497 e. The zero-order valence-electron chi connectivity index (χ0n) is 17.8. The van der Waals surface area contributed by atoms with E-state index in [2.05, 4.69) is 31.0 Å². The van der Waals surface area contributed by atoms with Gasteiger partial charge in [-0.3, -0.25) is 4.79 Å². The van der Waals surface area contributed by atoms with Gasteiger partial charge in [0.1, 0.15) is 11.4 Å². The van der Waals surface area contributed by atoms with Gasteiger partial charge in [0.25, 0.3) is 5.91 Å². The van der Waals surface area contributed by atoms with Gasteiger partial charge in [-0.1, -0.05) is 12.1 Å². The molecule has 4 rings (SSSR count). The highest BCUT2D eigenvalue weighted by Crippen LogP contribution is 2.18. The molecule has 9 heteroatoms. The number of carbonyl (C=O) groups excluding carboxylic acids is 1. The molecule has 1 aromatic carbocycles. The second-order valence-electron chi connectivity index (χ2n) is 7.80. The molecule has 1 saturated heterocycles. The molecule has 162 valence electrons. The van der Waals surface area contributed by atoms with Crippen molar-refractivity contribution in [2.75, 3.05) is 20.2 Å². The predicted molar refractivity (Wildman–Crippen MR) is 116 cm³/mol. The standard InChI is InChI=1S/C22H27N7O2/c1-15-9-18(21-26-28-29(27-21)14-17-6-4-8-23-12-17)11-20(25-15)22(30)24-13-16-5-3-7-19(10-16)31-2/h3,5,7,9-11,17,23H,4,6,8,12-14H2,1-2H3,(H,24,30). The van der Waals surface area contributed by atoms with E-state index in [-0.39, 0.29) is 5.91 Å². The monoisotopic (exact) mass is 421 g/mol. The Labute approximate surface area is 181 Å². The van der Waals surface area contributed by atoms with E-state index in [0.717, 1.165) is 48.6 Å². The molecular formula is C22H27N7O2. The van der Waals surface area contributed by atoms with E-state index in [0.29, 0.717) is 24.0 Å². The molecule has 0 spiro atoms. The molecule has 1 amide bonds. The first-order chi connectivity index (χ1) is 15.1. The lowest BCUT2D eigenvalue weighted by molar-refractivity contribution is 0.0945. The van der Waals surface area contributed by atoms with Crippen molar-refractivity contribution in [1.29, 1.82) is 0 Å². The van der Waals surface area contributed by atoms with E-state index in [1.165, 1.54) is 6.42 Å². The Morgan fingerprint density at radius 2 is 2.23 bits per heavy atom. The number of hydrogen-bond donors (Lipinski definition) is 2. The van der Waals surface area contributed by atoms with E-state index in [1.54, 1.807) is 18.0 Å². The Morgan fingerprint density at radius 1 is 1.32 bits per heavy atom. The van der Waals surface area contributed by atoms with Gasteiger partial charge in [0.15, 0.2) is 0 Å². The van der Waals surface area contributed by atoms with Crippen LogP contribution in [0.15, 0.2) is 36.4 Å². The summed E-state index contributed by atoms with van der Waals surface area (Å²) in [5.74, 6) is 1.50. The molecule has 0 radical (unpaired) electrons. The van der Waals surface area contributed by atoms with Crippen molar-refractivity contribution in [3.63, 3.8) is 0 Å². The maximum absolute atomic E-state index is 12.7. The van der Waals surface area contributed by atoms with Crippen LogP contribution < -0.4 is 15.4 Å². The average molecular weight is 422 g/mol. The summed E-state index contributed by atoms with van der Waals surface area (Å²) in [6.07, 6.45) is 2.33. The lowest BCUT2D eigenvalue weighted by atomic mass is 10.0. The highest BCUT2D eigenvalue weighted by atomic mass is 16.5. The largest absolute Gasteiger partial charge is 0.497 e. The number of nitrogens with zero attached hydrogens (tertiary/aromatic N) is 5. The quantitative estimate of drug-likeness (QED) is 0.601. The summed E-state index contributed by atoms with van der Waals surface area (Å²) < 4.78 is 5.23. The van der Waals surface area contributed by atoms with Crippen molar-refractivity contribution in [3.8, 4) is 17.1 Å². The van der Waals surface area contributed by atoms with Crippen LogP contribution in [0, 0.1) is 12.8 Å². The van der Waals surface area contributed by atoms with Crippen molar-refractivity contribution in [1.82, 2.24) is 35.8 Å². The summed E-state index contributed by atoms with van der Waals surface area (Å²) >= 11 is 0. The Morgan fingerprint density at radius 3 is 3.03 bits per heavy atom. The highest BCUT2D eigenvalue weighted by molar-refractivity contribution is 5.93. The normalized spacial score (nSPS) is 16.1. The Bertz CT molecular complexity index is 1040.